The molecular formula is C28H39FN6O. The van der Waals surface area contributed by atoms with Crippen molar-refractivity contribution < 1.29 is 9.18 Å². The van der Waals surface area contributed by atoms with E-state index >= 15 is 0 Å². The monoisotopic (exact) mass is 494 g/mol. The molecule has 1 amide bonds. The summed E-state index contributed by atoms with van der Waals surface area (Å²) < 4.78 is 13.3. The molecule has 2 aliphatic heterocycles. The first-order valence-electron chi connectivity index (χ1n) is 13.2. The van der Waals surface area contributed by atoms with E-state index in [1.807, 2.05) is 25.2 Å². The van der Waals surface area contributed by atoms with Crippen LogP contribution in [0.2, 0.25) is 0 Å². The van der Waals surface area contributed by atoms with Gasteiger partial charge in [-0.25, -0.2) is 9.37 Å². The minimum Gasteiger partial charge on any atom is -0.390 e. The number of nitrogens with zero attached hydrogens (tertiary/aromatic N) is 3. The average Bonchev–Trinajstić information content (AvgIpc) is 2.89. The summed E-state index contributed by atoms with van der Waals surface area (Å²) in [5.74, 6) is 0.428. The molecule has 0 bridgehead atoms. The van der Waals surface area contributed by atoms with Crippen LogP contribution in [0.4, 0.5) is 10.2 Å². The van der Waals surface area contributed by atoms with E-state index in [4.69, 9.17) is 5.41 Å². The van der Waals surface area contributed by atoms with Crippen LogP contribution in [0.25, 0.3) is 16.3 Å². The van der Waals surface area contributed by atoms with E-state index in [0.717, 1.165) is 73.2 Å². The van der Waals surface area contributed by atoms with Gasteiger partial charge in [0.1, 0.15) is 12.0 Å². The van der Waals surface area contributed by atoms with E-state index in [0.29, 0.717) is 12.4 Å². The average molecular weight is 495 g/mol. The molecule has 1 aromatic carbocycles. The lowest BCUT2D eigenvalue weighted by atomic mass is 9.95. The van der Waals surface area contributed by atoms with Crippen LogP contribution in [-0.2, 0) is 4.79 Å². The van der Waals surface area contributed by atoms with Crippen LogP contribution in [0.3, 0.4) is 0 Å². The second kappa shape index (κ2) is 12.4. The summed E-state index contributed by atoms with van der Waals surface area (Å²) in [7, 11) is 1.92. The summed E-state index contributed by atoms with van der Waals surface area (Å²) in [5.41, 5.74) is 2.89. The largest absolute Gasteiger partial charge is 0.390 e. The zero-order valence-corrected chi connectivity index (χ0v) is 21.5. The number of halogens is 1. The van der Waals surface area contributed by atoms with Gasteiger partial charge in [0.15, 0.2) is 0 Å². The van der Waals surface area contributed by atoms with Gasteiger partial charge in [-0.15, -0.1) is 0 Å². The zero-order valence-electron chi connectivity index (χ0n) is 21.5. The number of hydrogen-bond acceptors (Lipinski definition) is 6. The molecule has 2 aromatic rings. The molecule has 4 rings (SSSR count). The Morgan fingerprint density at radius 2 is 1.89 bits per heavy atom. The summed E-state index contributed by atoms with van der Waals surface area (Å²) in [6.45, 7) is 6.48. The van der Waals surface area contributed by atoms with E-state index in [1.54, 1.807) is 13.1 Å². The molecular weight excluding hydrogens is 455 g/mol. The number of nitrogens with one attached hydrogen (secondary N) is 3. The summed E-state index contributed by atoms with van der Waals surface area (Å²) in [6.07, 6.45) is 7.56. The lowest BCUT2D eigenvalue weighted by Gasteiger charge is -2.31. The highest BCUT2D eigenvalue weighted by molar-refractivity contribution is 6.10. The Balaban J connectivity index is 1.48. The number of anilines is 1. The van der Waals surface area contributed by atoms with E-state index in [2.05, 4.69) is 31.5 Å². The van der Waals surface area contributed by atoms with E-state index in [1.165, 1.54) is 25.5 Å². The van der Waals surface area contributed by atoms with Crippen molar-refractivity contribution in [3.63, 3.8) is 0 Å². The number of pyridine rings is 1. The number of alkyl halides is 1. The highest BCUT2D eigenvalue weighted by Gasteiger charge is 2.26. The number of hydrogen-bond donors (Lipinski definition) is 3. The number of amides is 1. The molecule has 3 N–H and O–H groups in total. The van der Waals surface area contributed by atoms with E-state index in [9.17, 15) is 9.18 Å². The van der Waals surface area contributed by atoms with Crippen LogP contribution in [0.5, 0.6) is 0 Å². The van der Waals surface area contributed by atoms with Crippen LogP contribution in [0.1, 0.15) is 44.6 Å². The van der Waals surface area contributed by atoms with Crippen molar-refractivity contribution in [3.05, 3.63) is 41.7 Å². The SMILES string of the molecule is CN/C(CN1CCCCC1)=C(\C=N)c1ccc2cnc(NC(=O)C3CCN(C[C@H](C)F)CC3)cc2c1. The maximum atomic E-state index is 13.3. The number of benzene rings is 1. The highest BCUT2D eigenvalue weighted by Crippen LogP contribution is 2.25. The molecule has 194 valence electrons. The number of likely N-dealkylation sites (N-methyl/N-ethyl adjacent to an activating group) is 1. The summed E-state index contributed by atoms with van der Waals surface area (Å²) >= 11 is 0. The van der Waals surface area contributed by atoms with Crippen LogP contribution in [0.15, 0.2) is 36.2 Å². The normalized spacial score (nSPS) is 19.5. The molecule has 0 unspecified atom stereocenters. The third kappa shape index (κ3) is 6.68. The van der Waals surface area contributed by atoms with Gasteiger partial charge < -0.3 is 20.9 Å². The Morgan fingerprint density at radius 3 is 2.56 bits per heavy atom. The smallest absolute Gasteiger partial charge is 0.228 e. The molecule has 36 heavy (non-hydrogen) atoms. The van der Waals surface area contributed by atoms with Gasteiger partial charge in [0, 0.05) is 55.1 Å². The molecule has 0 aliphatic carbocycles. The van der Waals surface area contributed by atoms with Gasteiger partial charge in [0.05, 0.1) is 0 Å². The van der Waals surface area contributed by atoms with Crippen molar-refractivity contribution in [1.29, 1.82) is 5.41 Å². The van der Waals surface area contributed by atoms with E-state index < -0.39 is 6.17 Å². The standard InChI is InChI=1S/C28H39FN6O/c1-20(29)18-35-12-8-21(9-13-35)28(36)33-27-15-24-14-22(6-7-23(24)17-32-27)25(16-30)26(31-2)19-34-10-4-3-5-11-34/h6-7,14-17,20-21,30-31H,3-5,8-13,18-19H2,1-2H3,(H,32,33,36)/b26-25+,30-16?/t20-/m0/s1. The molecule has 0 saturated carbocycles. The lowest BCUT2D eigenvalue weighted by molar-refractivity contribution is -0.121. The number of rotatable bonds is 9. The van der Waals surface area contributed by atoms with Gasteiger partial charge >= 0.3 is 0 Å². The quantitative estimate of drug-likeness (QED) is 0.453. The summed E-state index contributed by atoms with van der Waals surface area (Å²) in [5, 5.41) is 16.4. The van der Waals surface area contributed by atoms with Crippen molar-refractivity contribution >= 4 is 34.3 Å². The predicted octanol–water partition coefficient (Wildman–Crippen LogP) is 4.31. The van der Waals surface area contributed by atoms with E-state index in [-0.39, 0.29) is 11.8 Å². The van der Waals surface area contributed by atoms with Gasteiger partial charge in [-0.05, 0) is 81.9 Å². The Labute approximate surface area is 213 Å². The Morgan fingerprint density at radius 1 is 1.14 bits per heavy atom. The van der Waals surface area contributed by atoms with Crippen molar-refractivity contribution in [1.82, 2.24) is 20.1 Å². The molecule has 2 saturated heterocycles. The van der Waals surface area contributed by atoms with Crippen molar-refractivity contribution in [3.8, 4) is 0 Å². The van der Waals surface area contributed by atoms with Crippen molar-refractivity contribution in [2.24, 2.45) is 5.92 Å². The molecule has 2 fully saturated rings. The molecule has 2 aliphatic rings. The van der Waals surface area contributed by atoms with Crippen LogP contribution in [0, 0.1) is 11.3 Å². The first-order chi connectivity index (χ1) is 17.5. The van der Waals surface area contributed by atoms with Crippen molar-refractivity contribution in [2.75, 3.05) is 51.6 Å². The second-order valence-corrected chi connectivity index (χ2v) is 10.1. The third-order valence-corrected chi connectivity index (χ3v) is 7.35. The second-order valence-electron chi connectivity index (χ2n) is 10.1. The number of piperidine rings is 2. The van der Waals surface area contributed by atoms with Gasteiger partial charge in [0.25, 0.3) is 0 Å². The fourth-order valence-electron chi connectivity index (χ4n) is 5.32. The molecule has 7 nitrogen and oxygen atoms in total. The van der Waals surface area contributed by atoms with Crippen molar-refractivity contribution in [2.45, 2.75) is 45.2 Å². The van der Waals surface area contributed by atoms with Crippen LogP contribution < -0.4 is 10.6 Å². The molecule has 3 heterocycles. The van der Waals surface area contributed by atoms with Gasteiger partial charge in [-0.1, -0.05) is 18.6 Å². The number of carbonyl (C=O) groups excluding carboxylic acids is 1. The maximum Gasteiger partial charge on any atom is 0.228 e. The first kappa shape index (κ1) is 26.2. The third-order valence-electron chi connectivity index (χ3n) is 7.35. The molecule has 8 heteroatoms. The Kier molecular flexibility index (Phi) is 9.04. The number of carbonyl (C=O) groups is 1. The van der Waals surface area contributed by atoms with Gasteiger partial charge in [0.2, 0.25) is 5.91 Å². The van der Waals surface area contributed by atoms with Gasteiger partial charge in [-0.2, -0.15) is 0 Å². The maximum absolute atomic E-state index is 13.3. The fraction of sp³-hybridized carbons (Fsp3) is 0.536. The zero-order chi connectivity index (χ0) is 25.5. The summed E-state index contributed by atoms with van der Waals surface area (Å²) in [4.78, 5) is 21.9. The van der Waals surface area contributed by atoms with Gasteiger partial charge in [-0.3, -0.25) is 9.69 Å². The summed E-state index contributed by atoms with van der Waals surface area (Å²) in [6, 6.07) is 8.02. The predicted molar refractivity (Wildman–Crippen MR) is 145 cm³/mol. The minimum absolute atomic E-state index is 0.0231. The first-order valence-corrected chi connectivity index (χ1v) is 13.2. The molecule has 0 spiro atoms. The lowest BCUT2D eigenvalue weighted by Crippen LogP contribution is -2.40. The minimum atomic E-state index is -0.848. The Hall–Kier alpha value is -2.84. The molecule has 1 atom stereocenters. The molecule has 1 aromatic heterocycles. The number of fused-ring (bicyclic) bond motifs is 1. The van der Waals surface area contributed by atoms with Crippen LogP contribution >= 0.6 is 0 Å². The number of aromatic nitrogens is 1. The fourth-order valence-corrected chi connectivity index (χ4v) is 5.32. The molecule has 0 radical (unpaired) electrons. The van der Waals surface area contributed by atoms with Crippen LogP contribution in [-0.4, -0.2) is 79.4 Å². The topological polar surface area (TPSA) is 84.4 Å². The number of likely N-dealkylation sites (tertiary alicyclic amines) is 2. The Bertz CT molecular complexity index is 1090. The highest BCUT2D eigenvalue weighted by atomic mass is 19.1. The number of allylic oxidation sites excluding steroid dienone is 1.